The Morgan fingerprint density at radius 1 is 1.48 bits per heavy atom. The minimum absolute atomic E-state index is 0.110. The zero-order chi connectivity index (χ0) is 15.4. The van der Waals surface area contributed by atoms with Crippen LogP contribution in [-0.4, -0.2) is 37.4 Å². The Bertz CT molecular complexity index is 658. The van der Waals surface area contributed by atoms with Crippen LogP contribution in [-0.2, 0) is 24.9 Å². The lowest BCUT2D eigenvalue weighted by Crippen LogP contribution is -2.24. The molecule has 0 saturated carbocycles. The van der Waals surface area contributed by atoms with E-state index in [1.165, 1.54) is 6.08 Å². The normalized spacial score (nSPS) is 11.2. The highest BCUT2D eigenvalue weighted by atomic mass is 35.5. The third-order valence-electron chi connectivity index (χ3n) is 3.02. The summed E-state index contributed by atoms with van der Waals surface area (Å²) in [6.45, 7) is 3.11. The predicted octanol–water partition coefficient (Wildman–Crippen LogP) is 1.96. The van der Waals surface area contributed by atoms with Crippen molar-refractivity contribution in [2.45, 2.75) is 20.0 Å². The van der Waals surface area contributed by atoms with Gasteiger partial charge in [-0.25, -0.2) is 0 Å². The summed E-state index contributed by atoms with van der Waals surface area (Å²) in [5.74, 6) is -0.110. The molecule has 0 spiro atoms. The fraction of sp³-hybridized carbons (Fsp3) is 0.357. The Hall–Kier alpha value is -2.08. The molecule has 6 nitrogen and oxygen atoms in total. The van der Waals surface area contributed by atoms with E-state index in [2.05, 4.69) is 10.2 Å². The van der Waals surface area contributed by atoms with Gasteiger partial charge in [-0.2, -0.15) is 10.2 Å². The molecule has 0 aliphatic carbocycles. The average molecular weight is 308 g/mol. The minimum atomic E-state index is -0.110. The molecule has 0 N–H and O–H groups in total. The summed E-state index contributed by atoms with van der Waals surface area (Å²) in [4.78, 5) is 13.6. The summed E-state index contributed by atoms with van der Waals surface area (Å²) in [5, 5.41) is 8.94. The van der Waals surface area contributed by atoms with Crippen LogP contribution in [0.1, 0.15) is 18.2 Å². The molecule has 0 fully saturated rings. The highest BCUT2D eigenvalue weighted by molar-refractivity contribution is 6.31. The van der Waals surface area contributed by atoms with Crippen LogP contribution in [0.4, 0.5) is 0 Å². The smallest absolute Gasteiger partial charge is 0.246 e. The molecule has 0 bridgehead atoms. The van der Waals surface area contributed by atoms with Crippen molar-refractivity contribution in [2.75, 3.05) is 7.05 Å². The average Bonchev–Trinajstić information content (AvgIpc) is 3.02. The molecular formula is C14H18ClN5O. The highest BCUT2D eigenvalue weighted by Crippen LogP contribution is 2.15. The summed E-state index contributed by atoms with van der Waals surface area (Å²) in [5.41, 5.74) is 1.58. The summed E-state index contributed by atoms with van der Waals surface area (Å²) in [6, 6.07) is 0. The van der Waals surface area contributed by atoms with Gasteiger partial charge in [-0.3, -0.25) is 14.2 Å². The van der Waals surface area contributed by atoms with Gasteiger partial charge in [0.25, 0.3) is 0 Å². The molecule has 0 aliphatic heterocycles. The number of amides is 1. The van der Waals surface area contributed by atoms with Crippen molar-refractivity contribution in [1.82, 2.24) is 24.5 Å². The molecule has 0 atom stereocenters. The molecule has 0 unspecified atom stereocenters. The van der Waals surface area contributed by atoms with Crippen molar-refractivity contribution in [2.24, 2.45) is 7.05 Å². The van der Waals surface area contributed by atoms with E-state index in [1.807, 2.05) is 20.2 Å². The van der Waals surface area contributed by atoms with Gasteiger partial charge in [-0.1, -0.05) is 11.6 Å². The quantitative estimate of drug-likeness (QED) is 0.794. The maximum Gasteiger partial charge on any atom is 0.246 e. The van der Waals surface area contributed by atoms with Gasteiger partial charge < -0.3 is 4.90 Å². The summed E-state index contributed by atoms with van der Waals surface area (Å²) in [6.07, 6.45) is 8.55. The molecule has 2 aromatic rings. The van der Waals surface area contributed by atoms with E-state index in [-0.39, 0.29) is 5.91 Å². The molecule has 0 aliphatic rings. The third-order valence-corrected chi connectivity index (χ3v) is 3.33. The first-order valence-corrected chi connectivity index (χ1v) is 7.01. The van der Waals surface area contributed by atoms with Crippen molar-refractivity contribution in [3.63, 3.8) is 0 Å². The van der Waals surface area contributed by atoms with Gasteiger partial charge in [0.1, 0.15) is 5.69 Å². The first kappa shape index (κ1) is 15.3. The van der Waals surface area contributed by atoms with E-state index in [1.54, 1.807) is 39.8 Å². The molecule has 0 saturated heterocycles. The topological polar surface area (TPSA) is 56.0 Å². The Morgan fingerprint density at radius 2 is 2.24 bits per heavy atom. The van der Waals surface area contributed by atoms with Crippen molar-refractivity contribution in [1.29, 1.82) is 0 Å². The van der Waals surface area contributed by atoms with E-state index in [0.29, 0.717) is 17.3 Å². The van der Waals surface area contributed by atoms with Crippen molar-refractivity contribution in [3.05, 3.63) is 40.9 Å². The second-order valence-corrected chi connectivity index (χ2v) is 5.16. The fourth-order valence-corrected chi connectivity index (χ4v) is 2.04. The largest absolute Gasteiger partial charge is 0.336 e. The van der Waals surface area contributed by atoms with E-state index >= 15 is 0 Å². The minimum Gasteiger partial charge on any atom is -0.336 e. The maximum atomic E-state index is 12.0. The van der Waals surface area contributed by atoms with Gasteiger partial charge in [-0.15, -0.1) is 0 Å². The zero-order valence-corrected chi connectivity index (χ0v) is 13.1. The molecule has 2 heterocycles. The molecule has 2 rings (SSSR count). The maximum absolute atomic E-state index is 12.0. The van der Waals surface area contributed by atoms with Crippen LogP contribution < -0.4 is 0 Å². The lowest BCUT2D eigenvalue weighted by Gasteiger charge is -2.13. The number of nitrogens with zero attached hydrogens (tertiary/aromatic N) is 5. The molecular weight excluding hydrogens is 290 g/mol. The van der Waals surface area contributed by atoms with Gasteiger partial charge in [0.2, 0.25) is 5.91 Å². The van der Waals surface area contributed by atoms with Crippen LogP contribution >= 0.6 is 11.6 Å². The Kier molecular flexibility index (Phi) is 4.80. The van der Waals surface area contributed by atoms with E-state index < -0.39 is 0 Å². The van der Waals surface area contributed by atoms with Gasteiger partial charge in [0, 0.05) is 44.7 Å². The number of likely N-dealkylation sites (N-methyl/N-ethyl adjacent to an activating group) is 1. The molecule has 112 valence electrons. The van der Waals surface area contributed by atoms with Crippen molar-refractivity contribution in [3.8, 4) is 0 Å². The number of aromatic nitrogens is 4. The van der Waals surface area contributed by atoms with Gasteiger partial charge in [-0.05, 0) is 13.0 Å². The molecule has 1 amide bonds. The van der Waals surface area contributed by atoms with Gasteiger partial charge in [0.15, 0.2) is 0 Å². The summed E-state index contributed by atoms with van der Waals surface area (Å²) >= 11 is 6.10. The summed E-state index contributed by atoms with van der Waals surface area (Å²) in [7, 11) is 3.55. The van der Waals surface area contributed by atoms with Crippen LogP contribution in [0.15, 0.2) is 24.7 Å². The molecule has 0 aromatic carbocycles. The van der Waals surface area contributed by atoms with Crippen LogP contribution in [0, 0.1) is 0 Å². The number of hydrogen-bond acceptors (Lipinski definition) is 3. The van der Waals surface area contributed by atoms with Crippen LogP contribution in [0.5, 0.6) is 0 Å². The molecule has 0 radical (unpaired) electrons. The molecule has 7 heteroatoms. The second-order valence-electron chi connectivity index (χ2n) is 4.75. The van der Waals surface area contributed by atoms with Crippen molar-refractivity contribution >= 4 is 23.6 Å². The van der Waals surface area contributed by atoms with Gasteiger partial charge >= 0.3 is 0 Å². The predicted molar refractivity (Wildman–Crippen MR) is 81.6 cm³/mol. The number of aryl methyl sites for hydroxylation is 2. The van der Waals surface area contributed by atoms with Crippen LogP contribution in [0.2, 0.25) is 5.02 Å². The van der Waals surface area contributed by atoms with Crippen LogP contribution in [0.25, 0.3) is 6.08 Å². The highest BCUT2D eigenvalue weighted by Gasteiger charge is 2.12. The second kappa shape index (κ2) is 6.58. The Morgan fingerprint density at radius 3 is 2.81 bits per heavy atom. The monoisotopic (exact) mass is 307 g/mol. The first-order valence-electron chi connectivity index (χ1n) is 6.63. The van der Waals surface area contributed by atoms with Gasteiger partial charge in [0.05, 0.1) is 17.8 Å². The Labute approximate surface area is 128 Å². The number of halogens is 1. The summed E-state index contributed by atoms with van der Waals surface area (Å²) < 4.78 is 3.44. The number of rotatable bonds is 5. The number of hydrogen-bond donors (Lipinski definition) is 0. The zero-order valence-electron chi connectivity index (χ0n) is 12.3. The molecule has 2 aromatic heterocycles. The fourth-order valence-electron chi connectivity index (χ4n) is 1.83. The lowest BCUT2D eigenvalue weighted by molar-refractivity contribution is -0.125. The number of carbonyl (C=O) groups excluding carboxylic acids is 1. The Balaban J connectivity index is 1.99. The third kappa shape index (κ3) is 3.95. The van der Waals surface area contributed by atoms with E-state index in [9.17, 15) is 4.79 Å². The van der Waals surface area contributed by atoms with E-state index in [4.69, 9.17) is 11.6 Å². The standard InChI is InChI=1S/C14H18ClN5O/c1-4-20-9-12(15)13(17-20)10-18(2)14(21)6-5-11-7-16-19(3)8-11/h5-9H,4,10H2,1-3H3/b6-5+. The van der Waals surface area contributed by atoms with Crippen molar-refractivity contribution < 1.29 is 4.79 Å². The first-order chi connectivity index (χ1) is 9.99. The molecule has 21 heavy (non-hydrogen) atoms. The lowest BCUT2D eigenvalue weighted by atomic mass is 10.3. The number of carbonyl (C=O) groups is 1. The van der Waals surface area contributed by atoms with E-state index in [0.717, 1.165) is 12.1 Å². The van der Waals surface area contributed by atoms with Crippen LogP contribution in [0.3, 0.4) is 0 Å². The SMILES string of the molecule is CCn1cc(Cl)c(CN(C)C(=O)/C=C/c2cnn(C)c2)n1.